The van der Waals surface area contributed by atoms with E-state index in [4.69, 9.17) is 9.47 Å². The largest absolute Gasteiger partial charge is 0.491 e. The summed E-state index contributed by atoms with van der Waals surface area (Å²) in [7, 11) is -1.54. The first-order chi connectivity index (χ1) is 11.4. The highest BCUT2D eigenvalue weighted by Gasteiger charge is 2.09. The Labute approximate surface area is 144 Å². The van der Waals surface area contributed by atoms with Gasteiger partial charge in [-0.1, -0.05) is 55.9 Å². The van der Waals surface area contributed by atoms with Crippen LogP contribution in [0.25, 0.3) is 0 Å². The van der Waals surface area contributed by atoms with E-state index >= 15 is 0 Å². The van der Waals surface area contributed by atoms with Crippen LogP contribution in [-0.2, 0) is 11.3 Å². The molecule has 2 aromatic carbocycles. The zero-order valence-electron chi connectivity index (χ0n) is 14.4. The highest BCUT2D eigenvalue weighted by molar-refractivity contribution is 6.83. The van der Waals surface area contributed by atoms with Gasteiger partial charge in [0.05, 0.1) is 18.8 Å². The topological polar surface area (TPSA) is 18.5 Å². The van der Waals surface area contributed by atoms with Gasteiger partial charge in [-0.2, -0.15) is 0 Å². The van der Waals surface area contributed by atoms with Crippen LogP contribution in [0.4, 0.5) is 4.39 Å². The number of ether oxygens (including phenoxy) is 2. The molecule has 2 rings (SSSR count). The molecule has 0 saturated carbocycles. The third kappa shape index (κ3) is 6.57. The van der Waals surface area contributed by atoms with E-state index in [0.29, 0.717) is 31.1 Å². The third-order valence-corrected chi connectivity index (χ3v) is 3.99. The Bertz CT molecular complexity index is 712. The van der Waals surface area contributed by atoms with Gasteiger partial charge in [0.25, 0.3) is 0 Å². The first kappa shape index (κ1) is 18.2. The summed E-state index contributed by atoms with van der Waals surface area (Å²) in [6.07, 6.45) is 0. The number of benzene rings is 2. The molecule has 2 aromatic rings. The van der Waals surface area contributed by atoms with Crippen LogP contribution in [-0.4, -0.2) is 21.3 Å². The molecule has 0 amide bonds. The van der Waals surface area contributed by atoms with Gasteiger partial charge >= 0.3 is 0 Å². The van der Waals surface area contributed by atoms with Gasteiger partial charge in [0.1, 0.15) is 26.2 Å². The molecule has 0 bridgehead atoms. The SMILES string of the molecule is C[Si](C)(C)C#Cc1cc(OCCOCc2ccccc2)ccc1F. The van der Waals surface area contributed by atoms with E-state index in [-0.39, 0.29) is 5.82 Å². The molecule has 0 aliphatic rings. The van der Waals surface area contributed by atoms with E-state index in [0.717, 1.165) is 5.56 Å². The Morgan fingerprint density at radius 1 is 1.00 bits per heavy atom. The van der Waals surface area contributed by atoms with Gasteiger partial charge in [0.2, 0.25) is 0 Å². The van der Waals surface area contributed by atoms with Gasteiger partial charge < -0.3 is 9.47 Å². The fourth-order valence-electron chi connectivity index (χ4n) is 1.93. The molecular weight excluding hydrogens is 319 g/mol. The molecule has 0 aliphatic carbocycles. The number of rotatable bonds is 6. The van der Waals surface area contributed by atoms with E-state index in [1.807, 2.05) is 30.3 Å². The Morgan fingerprint density at radius 2 is 1.75 bits per heavy atom. The molecule has 2 nitrogen and oxygen atoms in total. The lowest BCUT2D eigenvalue weighted by molar-refractivity contribution is 0.0889. The zero-order valence-corrected chi connectivity index (χ0v) is 15.4. The summed E-state index contributed by atoms with van der Waals surface area (Å²) in [6, 6.07) is 14.6. The molecule has 0 saturated heterocycles. The van der Waals surface area contributed by atoms with Crippen LogP contribution in [0.3, 0.4) is 0 Å². The maximum absolute atomic E-state index is 13.8. The summed E-state index contributed by atoms with van der Waals surface area (Å²) < 4.78 is 25.0. The molecule has 0 heterocycles. The molecule has 0 unspecified atom stereocenters. The highest BCUT2D eigenvalue weighted by Crippen LogP contribution is 2.16. The molecule has 0 radical (unpaired) electrons. The summed E-state index contributed by atoms with van der Waals surface area (Å²) >= 11 is 0. The van der Waals surface area contributed by atoms with Crippen molar-refractivity contribution < 1.29 is 13.9 Å². The fourth-order valence-corrected chi connectivity index (χ4v) is 2.44. The Morgan fingerprint density at radius 3 is 2.46 bits per heavy atom. The molecule has 24 heavy (non-hydrogen) atoms. The Hall–Kier alpha value is -2.09. The first-order valence-corrected chi connectivity index (χ1v) is 11.5. The predicted octanol–water partition coefficient (Wildman–Crippen LogP) is 4.65. The van der Waals surface area contributed by atoms with Crippen LogP contribution >= 0.6 is 0 Å². The maximum Gasteiger partial charge on any atom is 0.139 e. The smallest absolute Gasteiger partial charge is 0.139 e. The maximum atomic E-state index is 13.8. The van der Waals surface area contributed by atoms with E-state index < -0.39 is 8.07 Å². The molecule has 0 aromatic heterocycles. The average Bonchev–Trinajstić information content (AvgIpc) is 2.55. The zero-order chi connectivity index (χ0) is 17.4. The van der Waals surface area contributed by atoms with Crippen molar-refractivity contribution in [3.8, 4) is 17.2 Å². The van der Waals surface area contributed by atoms with Gasteiger partial charge in [-0.05, 0) is 23.8 Å². The van der Waals surface area contributed by atoms with Crippen LogP contribution in [0.1, 0.15) is 11.1 Å². The normalized spacial score (nSPS) is 10.8. The molecule has 126 valence electrons. The number of hydrogen-bond acceptors (Lipinski definition) is 2. The van der Waals surface area contributed by atoms with Gasteiger partial charge in [-0.15, -0.1) is 5.54 Å². The van der Waals surface area contributed by atoms with Crippen LogP contribution in [0.5, 0.6) is 5.75 Å². The third-order valence-electron chi connectivity index (χ3n) is 3.12. The van der Waals surface area contributed by atoms with Gasteiger partial charge in [0.15, 0.2) is 0 Å². The van der Waals surface area contributed by atoms with Gasteiger partial charge in [-0.3, -0.25) is 0 Å². The van der Waals surface area contributed by atoms with Crippen LogP contribution in [0, 0.1) is 17.3 Å². The quantitative estimate of drug-likeness (QED) is 0.432. The predicted molar refractivity (Wildman–Crippen MR) is 98.2 cm³/mol. The second kappa shape index (κ2) is 8.67. The van der Waals surface area contributed by atoms with Crippen LogP contribution in [0.2, 0.25) is 19.6 Å². The molecule has 0 spiro atoms. The van der Waals surface area contributed by atoms with E-state index in [1.54, 1.807) is 12.1 Å². The van der Waals surface area contributed by atoms with Crippen LogP contribution in [0.15, 0.2) is 48.5 Å². The Kier molecular flexibility index (Phi) is 6.59. The standard InChI is InChI=1S/C20H23FO2Si/c1-24(2,3)14-11-18-15-19(9-10-20(18)21)23-13-12-22-16-17-7-5-4-6-8-17/h4-10,15H,12-13,16H2,1-3H3. The van der Waals surface area contributed by atoms with Crippen molar-refractivity contribution in [2.75, 3.05) is 13.2 Å². The molecule has 0 fully saturated rings. The highest BCUT2D eigenvalue weighted by atomic mass is 28.3. The summed E-state index contributed by atoms with van der Waals surface area (Å²) in [4.78, 5) is 0. The summed E-state index contributed by atoms with van der Waals surface area (Å²) in [6.45, 7) is 7.83. The van der Waals surface area contributed by atoms with Crippen molar-refractivity contribution in [2.24, 2.45) is 0 Å². The van der Waals surface area contributed by atoms with E-state index in [1.165, 1.54) is 6.07 Å². The van der Waals surface area contributed by atoms with Crippen molar-refractivity contribution in [3.05, 3.63) is 65.5 Å². The van der Waals surface area contributed by atoms with Crippen molar-refractivity contribution in [1.29, 1.82) is 0 Å². The van der Waals surface area contributed by atoms with Gasteiger partial charge in [0, 0.05) is 0 Å². The second-order valence-electron chi connectivity index (χ2n) is 6.53. The molecule has 0 atom stereocenters. The number of halogens is 1. The van der Waals surface area contributed by atoms with Crippen LogP contribution < -0.4 is 4.74 Å². The molecule has 0 aliphatic heterocycles. The molecule has 4 heteroatoms. The minimum atomic E-state index is -1.54. The van der Waals surface area contributed by atoms with E-state index in [2.05, 4.69) is 31.1 Å². The fraction of sp³-hybridized carbons (Fsp3) is 0.300. The minimum absolute atomic E-state index is 0.312. The summed E-state index contributed by atoms with van der Waals surface area (Å²) in [5.74, 6) is 3.24. The first-order valence-electron chi connectivity index (χ1n) is 8.01. The number of hydrogen-bond donors (Lipinski definition) is 0. The molecular formula is C20H23FO2Si. The lowest BCUT2D eigenvalue weighted by Gasteiger charge is -2.08. The lowest BCUT2D eigenvalue weighted by atomic mass is 10.2. The van der Waals surface area contributed by atoms with Crippen molar-refractivity contribution in [2.45, 2.75) is 26.2 Å². The van der Waals surface area contributed by atoms with E-state index in [9.17, 15) is 4.39 Å². The Balaban J connectivity index is 1.83. The summed E-state index contributed by atoms with van der Waals surface area (Å²) in [5.41, 5.74) is 4.69. The second-order valence-corrected chi connectivity index (χ2v) is 11.3. The van der Waals surface area contributed by atoms with Gasteiger partial charge in [-0.25, -0.2) is 4.39 Å². The van der Waals surface area contributed by atoms with Crippen molar-refractivity contribution in [3.63, 3.8) is 0 Å². The van der Waals surface area contributed by atoms with Crippen molar-refractivity contribution >= 4 is 8.07 Å². The monoisotopic (exact) mass is 342 g/mol. The van der Waals surface area contributed by atoms with Crippen molar-refractivity contribution in [1.82, 2.24) is 0 Å². The lowest BCUT2D eigenvalue weighted by Crippen LogP contribution is -2.16. The summed E-state index contributed by atoms with van der Waals surface area (Å²) in [5, 5.41) is 0. The molecule has 0 N–H and O–H groups in total. The average molecular weight is 342 g/mol. The minimum Gasteiger partial charge on any atom is -0.491 e.